The molecule has 0 spiro atoms. The van der Waals surface area contributed by atoms with Gasteiger partial charge in [-0.25, -0.2) is 4.98 Å². The average molecular weight is 362 g/mol. The minimum atomic E-state index is -0.0114. The molecule has 4 aromatic rings. The van der Waals surface area contributed by atoms with Crippen molar-refractivity contribution in [3.8, 4) is 16.9 Å². The maximum Gasteiger partial charge on any atom is 0.271 e. The largest absolute Gasteiger partial charge is 0.497 e. The molecule has 4 nitrogen and oxygen atoms in total. The molecule has 0 amide bonds. The molecule has 2 heterocycles. The molecule has 4 rings (SSSR count). The van der Waals surface area contributed by atoms with Crippen LogP contribution in [0.1, 0.15) is 11.1 Å². The molecular formula is C21H18N2O2S. The molecule has 0 fully saturated rings. The van der Waals surface area contributed by atoms with Crippen LogP contribution in [0.3, 0.4) is 0 Å². The number of nitrogens with zero attached hydrogens (tertiary/aromatic N) is 2. The molecule has 2 aromatic carbocycles. The summed E-state index contributed by atoms with van der Waals surface area (Å²) in [5.41, 5.74) is 5.08. The predicted molar refractivity (Wildman–Crippen MR) is 106 cm³/mol. The van der Waals surface area contributed by atoms with E-state index < -0.39 is 0 Å². The van der Waals surface area contributed by atoms with Gasteiger partial charge in [-0.3, -0.25) is 9.36 Å². The van der Waals surface area contributed by atoms with E-state index in [0.29, 0.717) is 11.2 Å². The third-order valence-corrected chi connectivity index (χ3v) is 5.43. The second-order valence-electron chi connectivity index (χ2n) is 6.17. The van der Waals surface area contributed by atoms with Crippen molar-refractivity contribution >= 4 is 21.6 Å². The minimum absolute atomic E-state index is 0.0114. The summed E-state index contributed by atoms with van der Waals surface area (Å²) in [5, 5.41) is 2.03. The van der Waals surface area contributed by atoms with E-state index in [-0.39, 0.29) is 5.56 Å². The lowest BCUT2D eigenvalue weighted by Crippen LogP contribution is -2.20. The minimum Gasteiger partial charge on any atom is -0.497 e. The van der Waals surface area contributed by atoms with E-state index in [2.05, 4.69) is 24.0 Å². The normalized spacial score (nSPS) is 11.0. The molecule has 26 heavy (non-hydrogen) atoms. The highest BCUT2D eigenvalue weighted by molar-refractivity contribution is 7.17. The third kappa shape index (κ3) is 2.91. The van der Waals surface area contributed by atoms with E-state index in [1.165, 1.54) is 16.9 Å². The topological polar surface area (TPSA) is 44.1 Å². The van der Waals surface area contributed by atoms with Gasteiger partial charge in [-0.15, -0.1) is 11.3 Å². The first kappa shape index (κ1) is 16.5. The Bertz CT molecular complexity index is 1140. The lowest BCUT2D eigenvalue weighted by Gasteiger charge is -2.08. The van der Waals surface area contributed by atoms with Gasteiger partial charge < -0.3 is 4.74 Å². The van der Waals surface area contributed by atoms with Gasteiger partial charge in [-0.05, 0) is 35.7 Å². The van der Waals surface area contributed by atoms with Gasteiger partial charge in [-0.1, -0.05) is 36.4 Å². The molecule has 0 aliphatic rings. The fourth-order valence-corrected chi connectivity index (χ4v) is 4.05. The molecule has 0 saturated carbocycles. The van der Waals surface area contributed by atoms with Gasteiger partial charge in [0, 0.05) is 10.9 Å². The van der Waals surface area contributed by atoms with E-state index >= 15 is 0 Å². The van der Waals surface area contributed by atoms with Gasteiger partial charge in [-0.2, -0.15) is 0 Å². The fraction of sp³-hybridized carbons (Fsp3) is 0.143. The summed E-state index contributed by atoms with van der Waals surface area (Å²) in [7, 11) is 1.64. The Morgan fingerprint density at radius 2 is 1.96 bits per heavy atom. The van der Waals surface area contributed by atoms with Gasteiger partial charge in [0.25, 0.3) is 5.56 Å². The molecule has 0 aliphatic carbocycles. The maximum atomic E-state index is 12.9. The molecule has 0 unspecified atom stereocenters. The van der Waals surface area contributed by atoms with Crippen LogP contribution in [-0.2, 0) is 6.54 Å². The SMILES string of the molecule is COc1cccc(Cn2cnc3c(-c4ccccc4C)csc3c2=O)c1. The molecule has 130 valence electrons. The van der Waals surface area contributed by atoms with Crippen LogP contribution in [0, 0.1) is 6.92 Å². The standard InChI is InChI=1S/C21H18N2O2S/c1-14-6-3-4-9-17(14)18-12-26-20-19(18)22-13-23(21(20)24)11-15-7-5-8-16(10-15)25-2/h3-10,12-13H,11H2,1-2H3. The Kier molecular flexibility index (Phi) is 4.31. The molecule has 0 N–H and O–H groups in total. The second-order valence-corrected chi connectivity index (χ2v) is 7.05. The van der Waals surface area contributed by atoms with Gasteiger partial charge in [0.15, 0.2) is 0 Å². The summed E-state index contributed by atoms with van der Waals surface area (Å²) in [5.74, 6) is 0.780. The summed E-state index contributed by atoms with van der Waals surface area (Å²) >= 11 is 1.46. The Labute approximate surface area is 155 Å². The van der Waals surface area contributed by atoms with Crippen LogP contribution >= 0.6 is 11.3 Å². The van der Waals surface area contributed by atoms with Crippen LogP contribution in [0.2, 0.25) is 0 Å². The van der Waals surface area contributed by atoms with Gasteiger partial charge in [0.1, 0.15) is 10.4 Å². The smallest absolute Gasteiger partial charge is 0.271 e. The summed E-state index contributed by atoms with van der Waals surface area (Å²) in [6.45, 7) is 2.54. The molecule has 2 aromatic heterocycles. The lowest BCUT2D eigenvalue weighted by molar-refractivity contribution is 0.414. The highest BCUT2D eigenvalue weighted by atomic mass is 32.1. The van der Waals surface area contributed by atoms with E-state index in [4.69, 9.17) is 4.74 Å². The van der Waals surface area contributed by atoms with Crippen LogP contribution in [0.25, 0.3) is 21.3 Å². The van der Waals surface area contributed by atoms with Crippen molar-refractivity contribution in [2.24, 2.45) is 0 Å². The first-order valence-electron chi connectivity index (χ1n) is 8.33. The summed E-state index contributed by atoms with van der Waals surface area (Å²) in [4.78, 5) is 17.5. The molecular weight excluding hydrogens is 344 g/mol. The first-order chi connectivity index (χ1) is 12.7. The molecule has 0 saturated heterocycles. The molecule has 0 bridgehead atoms. The number of aromatic nitrogens is 2. The highest BCUT2D eigenvalue weighted by Gasteiger charge is 2.14. The predicted octanol–water partition coefficient (Wildman–Crippen LogP) is 4.49. The van der Waals surface area contributed by atoms with Crippen molar-refractivity contribution in [1.82, 2.24) is 9.55 Å². The Morgan fingerprint density at radius 1 is 1.12 bits per heavy atom. The van der Waals surface area contributed by atoms with E-state index in [0.717, 1.165) is 28.0 Å². The van der Waals surface area contributed by atoms with Crippen molar-refractivity contribution in [3.63, 3.8) is 0 Å². The summed E-state index contributed by atoms with van der Waals surface area (Å²) < 4.78 is 7.59. The lowest BCUT2D eigenvalue weighted by atomic mass is 10.0. The zero-order valence-electron chi connectivity index (χ0n) is 14.6. The Hall–Kier alpha value is -2.92. The van der Waals surface area contributed by atoms with Crippen molar-refractivity contribution in [1.29, 1.82) is 0 Å². The van der Waals surface area contributed by atoms with Gasteiger partial charge in [0.05, 0.1) is 25.5 Å². The number of ether oxygens (including phenoxy) is 1. The number of rotatable bonds is 4. The summed E-state index contributed by atoms with van der Waals surface area (Å²) in [6.07, 6.45) is 1.64. The van der Waals surface area contributed by atoms with E-state index in [1.807, 2.05) is 41.8 Å². The van der Waals surface area contributed by atoms with Crippen molar-refractivity contribution in [2.45, 2.75) is 13.5 Å². The molecule has 0 radical (unpaired) electrons. The van der Waals surface area contributed by atoms with Crippen molar-refractivity contribution in [2.75, 3.05) is 7.11 Å². The summed E-state index contributed by atoms with van der Waals surface area (Å²) in [6, 6.07) is 15.9. The maximum absolute atomic E-state index is 12.9. The number of methoxy groups -OCH3 is 1. The van der Waals surface area contributed by atoms with Crippen LogP contribution in [0.15, 0.2) is 65.0 Å². The monoisotopic (exact) mass is 362 g/mol. The van der Waals surface area contributed by atoms with Crippen molar-refractivity contribution < 1.29 is 4.74 Å². The average Bonchev–Trinajstić information content (AvgIpc) is 3.09. The van der Waals surface area contributed by atoms with Crippen molar-refractivity contribution in [3.05, 3.63) is 81.7 Å². The molecule has 0 atom stereocenters. The molecule has 0 aliphatic heterocycles. The van der Waals surface area contributed by atoms with Gasteiger partial charge >= 0.3 is 0 Å². The fourth-order valence-electron chi connectivity index (χ4n) is 3.09. The van der Waals surface area contributed by atoms with Crippen LogP contribution in [0.4, 0.5) is 0 Å². The zero-order chi connectivity index (χ0) is 18.1. The first-order valence-corrected chi connectivity index (χ1v) is 9.21. The molecule has 5 heteroatoms. The van der Waals surface area contributed by atoms with E-state index in [9.17, 15) is 4.79 Å². The number of hydrogen-bond donors (Lipinski definition) is 0. The Morgan fingerprint density at radius 3 is 2.77 bits per heavy atom. The number of fused-ring (bicyclic) bond motifs is 1. The third-order valence-electron chi connectivity index (χ3n) is 4.47. The van der Waals surface area contributed by atoms with Gasteiger partial charge in [0.2, 0.25) is 0 Å². The number of thiophene rings is 1. The number of benzene rings is 2. The number of hydrogen-bond acceptors (Lipinski definition) is 4. The van der Waals surface area contributed by atoms with E-state index in [1.54, 1.807) is 18.0 Å². The quantitative estimate of drug-likeness (QED) is 0.537. The zero-order valence-corrected chi connectivity index (χ0v) is 15.4. The van der Waals surface area contributed by atoms with Crippen LogP contribution in [-0.4, -0.2) is 16.7 Å². The van der Waals surface area contributed by atoms with Crippen LogP contribution < -0.4 is 10.3 Å². The number of aryl methyl sites for hydroxylation is 1. The second kappa shape index (κ2) is 6.77. The highest BCUT2D eigenvalue weighted by Crippen LogP contribution is 2.32. The Balaban J connectivity index is 1.77. The van der Waals surface area contributed by atoms with Crippen LogP contribution in [0.5, 0.6) is 5.75 Å².